The minimum Gasteiger partial charge on any atom is -0.345 e. The molecule has 1 aromatic rings. The van der Waals surface area contributed by atoms with Gasteiger partial charge in [0, 0.05) is 12.4 Å². The summed E-state index contributed by atoms with van der Waals surface area (Å²) in [5.74, 6) is 0. The molecule has 0 aromatic heterocycles. The lowest BCUT2D eigenvalue weighted by Gasteiger charge is -2.29. The van der Waals surface area contributed by atoms with Crippen LogP contribution < -0.4 is 0 Å². The van der Waals surface area contributed by atoms with E-state index in [1.165, 1.54) is 0 Å². The molecule has 0 amide bonds. The first-order valence-electron chi connectivity index (χ1n) is 7.54. The highest BCUT2D eigenvalue weighted by molar-refractivity contribution is 7.91. The number of oxime groups is 1. The van der Waals surface area contributed by atoms with Gasteiger partial charge in [0.1, 0.15) is 0 Å². The highest BCUT2D eigenvalue weighted by atomic mass is 32.2. The van der Waals surface area contributed by atoms with E-state index in [4.69, 9.17) is 0 Å². The number of benzene rings is 1. The van der Waals surface area contributed by atoms with Gasteiger partial charge in [-0.05, 0) is 17.7 Å². The molecule has 0 saturated heterocycles. The van der Waals surface area contributed by atoms with Crippen molar-refractivity contribution in [2.75, 3.05) is 0 Å². The molecule has 0 unspecified atom stereocenters. The van der Waals surface area contributed by atoms with Crippen LogP contribution in [0.25, 0.3) is 0 Å². The van der Waals surface area contributed by atoms with Crippen LogP contribution in [0.4, 0.5) is 39.5 Å². The second-order valence-corrected chi connectivity index (χ2v) is 9.32. The highest BCUT2D eigenvalue weighted by Gasteiger charge is 2.59. The average molecular weight is 521 g/mol. The Morgan fingerprint density at radius 3 is 1.72 bits per heavy atom. The van der Waals surface area contributed by atoms with Gasteiger partial charge in [-0.2, -0.15) is 56.3 Å². The molecule has 1 aliphatic heterocycles. The molecule has 0 saturated carbocycles. The van der Waals surface area contributed by atoms with E-state index in [-0.39, 0.29) is 12.4 Å². The van der Waals surface area contributed by atoms with Crippen molar-refractivity contribution in [3.8, 4) is 0 Å². The SMILES string of the molecule is O=S(=O)(N1C=CN(S(=O)(=O)C(F)(F)F)C1O/N=C/c1cccc(C(F)(F)F)c1)C(F)(F)F. The zero-order chi connectivity index (χ0) is 24.8. The summed E-state index contributed by atoms with van der Waals surface area (Å²) in [5.41, 5.74) is -13.8. The van der Waals surface area contributed by atoms with Gasteiger partial charge in [-0.1, -0.05) is 17.3 Å². The van der Waals surface area contributed by atoms with Crippen molar-refractivity contribution in [3.05, 3.63) is 47.8 Å². The number of hydrogen-bond acceptors (Lipinski definition) is 6. The normalized spacial score (nSPS) is 16.9. The van der Waals surface area contributed by atoms with Crippen LogP contribution in [0.2, 0.25) is 0 Å². The van der Waals surface area contributed by atoms with Crippen molar-refractivity contribution < 1.29 is 61.2 Å². The summed E-state index contributed by atoms with van der Waals surface area (Å²) in [6.45, 7) is 0. The minimum atomic E-state index is -6.46. The molecule has 0 N–H and O–H groups in total. The Morgan fingerprint density at radius 1 is 0.844 bits per heavy atom. The molecule has 19 heteroatoms. The summed E-state index contributed by atoms with van der Waals surface area (Å²) in [6.07, 6.45) is -7.93. The lowest BCUT2D eigenvalue weighted by molar-refractivity contribution is -0.137. The Balaban J connectivity index is 2.43. The molecule has 0 spiro atoms. The topological polar surface area (TPSA) is 96.4 Å². The fraction of sp³-hybridized carbons (Fsp3) is 0.308. The van der Waals surface area contributed by atoms with Gasteiger partial charge >= 0.3 is 43.6 Å². The second-order valence-electron chi connectivity index (χ2n) is 5.65. The van der Waals surface area contributed by atoms with Gasteiger partial charge in [-0.15, -0.1) is 0 Å². The van der Waals surface area contributed by atoms with Crippen LogP contribution in [0, 0.1) is 0 Å². The molecule has 0 aliphatic carbocycles. The van der Waals surface area contributed by atoms with Crippen LogP contribution in [0.5, 0.6) is 0 Å². The fourth-order valence-corrected chi connectivity index (χ4v) is 3.78. The largest absolute Gasteiger partial charge is 0.516 e. The number of halogens is 9. The molecule has 0 atom stereocenters. The summed E-state index contributed by atoms with van der Waals surface area (Å²) < 4.78 is 159. The van der Waals surface area contributed by atoms with E-state index < -0.39 is 63.3 Å². The summed E-state index contributed by atoms with van der Waals surface area (Å²) in [6, 6.07) is 2.95. The molecule has 0 radical (unpaired) electrons. The van der Waals surface area contributed by atoms with E-state index >= 15 is 0 Å². The van der Waals surface area contributed by atoms with Gasteiger partial charge in [-0.25, -0.2) is 8.61 Å². The standard InChI is InChI=1S/C13H8F9N3O5S2/c14-11(15,16)9-3-1-2-8(6-9)7-23-30-10-24(31(26,27)12(17,18)19)4-5-25(10)32(28,29)13(20,21)22/h1-7,10H/b23-7+. The number of nitrogens with zero attached hydrogens (tertiary/aromatic N) is 3. The van der Waals surface area contributed by atoms with Crippen LogP contribution in [-0.4, -0.2) is 49.0 Å². The first-order valence-corrected chi connectivity index (χ1v) is 10.4. The van der Waals surface area contributed by atoms with E-state index in [0.717, 1.165) is 12.1 Å². The lowest BCUT2D eigenvalue weighted by atomic mass is 10.1. The molecule has 1 aliphatic rings. The molecule has 8 nitrogen and oxygen atoms in total. The predicted molar refractivity (Wildman–Crippen MR) is 86.7 cm³/mol. The Labute approximate surface area is 173 Å². The van der Waals surface area contributed by atoms with Crippen molar-refractivity contribution in [2.45, 2.75) is 23.5 Å². The number of rotatable bonds is 5. The van der Waals surface area contributed by atoms with E-state index in [9.17, 15) is 56.3 Å². The molecule has 1 aromatic carbocycles. The summed E-state index contributed by atoms with van der Waals surface area (Å²) >= 11 is 0. The van der Waals surface area contributed by atoms with Crippen molar-refractivity contribution in [1.82, 2.24) is 8.61 Å². The van der Waals surface area contributed by atoms with E-state index in [1.807, 2.05) is 0 Å². The third kappa shape index (κ3) is 4.87. The van der Waals surface area contributed by atoms with Crippen LogP contribution >= 0.6 is 0 Å². The van der Waals surface area contributed by atoms with Crippen LogP contribution in [0.15, 0.2) is 41.8 Å². The monoisotopic (exact) mass is 521 g/mol. The van der Waals surface area contributed by atoms with Crippen molar-refractivity contribution >= 4 is 26.3 Å². The minimum absolute atomic E-state index is 0.170. The quantitative estimate of drug-likeness (QED) is 0.337. The highest BCUT2D eigenvalue weighted by Crippen LogP contribution is 2.37. The predicted octanol–water partition coefficient (Wildman–Crippen LogP) is 3.13. The van der Waals surface area contributed by atoms with E-state index in [0.29, 0.717) is 18.3 Å². The van der Waals surface area contributed by atoms with E-state index in [2.05, 4.69) is 9.99 Å². The second kappa shape index (κ2) is 8.01. The maximum Gasteiger partial charge on any atom is 0.516 e. The maximum absolute atomic E-state index is 12.8. The van der Waals surface area contributed by atoms with Gasteiger partial charge in [0.15, 0.2) is 0 Å². The molecule has 1 heterocycles. The Bertz CT molecular complexity index is 1070. The molecule has 180 valence electrons. The van der Waals surface area contributed by atoms with Gasteiger partial charge in [0.25, 0.3) is 0 Å². The number of hydrogen-bond donors (Lipinski definition) is 0. The molecule has 0 bridgehead atoms. The zero-order valence-electron chi connectivity index (χ0n) is 14.7. The lowest BCUT2D eigenvalue weighted by Crippen LogP contribution is -2.51. The van der Waals surface area contributed by atoms with Gasteiger partial charge in [0.05, 0.1) is 11.8 Å². The Kier molecular flexibility index (Phi) is 6.40. The number of sulfonamides is 2. The Hall–Kier alpha value is -2.70. The van der Waals surface area contributed by atoms with Crippen LogP contribution in [0.3, 0.4) is 0 Å². The van der Waals surface area contributed by atoms with Crippen molar-refractivity contribution in [1.29, 1.82) is 0 Å². The van der Waals surface area contributed by atoms with Crippen LogP contribution in [-0.2, 0) is 31.1 Å². The summed E-state index contributed by atoms with van der Waals surface area (Å²) in [5, 5.41) is 2.86. The van der Waals surface area contributed by atoms with E-state index in [1.54, 1.807) is 0 Å². The molecular formula is C13H8F9N3O5S2. The first-order chi connectivity index (χ1) is 14.3. The Morgan fingerprint density at radius 2 is 1.31 bits per heavy atom. The van der Waals surface area contributed by atoms with Crippen molar-refractivity contribution in [3.63, 3.8) is 0 Å². The summed E-state index contributed by atoms with van der Waals surface area (Å²) in [7, 11) is -12.9. The van der Waals surface area contributed by atoms with Crippen molar-refractivity contribution in [2.24, 2.45) is 5.16 Å². The van der Waals surface area contributed by atoms with Gasteiger partial charge < -0.3 is 4.84 Å². The number of alkyl halides is 9. The average Bonchev–Trinajstić information content (AvgIpc) is 3.04. The first kappa shape index (κ1) is 25.6. The van der Waals surface area contributed by atoms with Gasteiger partial charge in [0.2, 0.25) is 0 Å². The smallest absolute Gasteiger partial charge is 0.345 e. The molecule has 0 fully saturated rings. The summed E-state index contributed by atoms with van der Waals surface area (Å²) in [4.78, 5) is 4.24. The fourth-order valence-electron chi connectivity index (χ4n) is 2.06. The molecular weight excluding hydrogens is 513 g/mol. The molecule has 2 rings (SSSR count). The third-order valence-corrected chi connectivity index (χ3v) is 6.39. The van der Waals surface area contributed by atoms with Crippen LogP contribution in [0.1, 0.15) is 11.1 Å². The van der Waals surface area contributed by atoms with Gasteiger partial charge in [-0.3, -0.25) is 0 Å². The maximum atomic E-state index is 12.8. The zero-order valence-corrected chi connectivity index (χ0v) is 16.4. The third-order valence-electron chi connectivity index (χ3n) is 3.51. The molecule has 32 heavy (non-hydrogen) atoms.